The van der Waals surface area contributed by atoms with Gasteiger partial charge >= 0.3 is 12.2 Å². The molecule has 0 radical (unpaired) electrons. The summed E-state index contributed by atoms with van der Waals surface area (Å²) >= 11 is 0. The summed E-state index contributed by atoms with van der Waals surface area (Å²) in [6, 6.07) is 13.7. The summed E-state index contributed by atoms with van der Waals surface area (Å²) in [5.74, 6) is 0.514. The van der Waals surface area contributed by atoms with Crippen molar-refractivity contribution in [3.8, 4) is 0 Å². The molecule has 0 bridgehead atoms. The molecular weight excluding hydrogens is 775 g/mol. The molecule has 4 heterocycles. The fraction of sp³-hybridized carbons (Fsp3) is 0.580. The number of pyridine rings is 2. The fourth-order valence-electron chi connectivity index (χ4n) is 9.07. The molecule has 3 fully saturated rings. The van der Waals surface area contributed by atoms with Gasteiger partial charge in [-0.1, -0.05) is 54.4 Å². The molecule has 2 aliphatic heterocycles. The molecule has 61 heavy (non-hydrogen) atoms. The number of ether oxygens (including phenoxy) is 2. The number of nitrogens with zero attached hydrogens (tertiary/aromatic N) is 4. The van der Waals surface area contributed by atoms with Gasteiger partial charge in [0.05, 0.1) is 11.0 Å². The molecule has 2 atom stereocenters. The smallest absolute Gasteiger partial charge is 0.410 e. The van der Waals surface area contributed by atoms with Crippen LogP contribution in [0.2, 0.25) is 0 Å². The lowest BCUT2D eigenvalue weighted by Gasteiger charge is -2.44. The Morgan fingerprint density at radius 2 is 1.13 bits per heavy atom. The SMILES string of the molecule is CC(C)(C)OC(=O)N1CCC(=O)C(C)(C)C1.CC(C)(C)OC(=O)N1CCC(c2ccnc3ccc(F)cc23)C(C)(C)C1.CC1(C)CCCCC1c1ccnc2ccc(F)cc12. The second-order valence-electron chi connectivity index (χ2n) is 21.1. The molecule has 0 spiro atoms. The molecule has 2 unspecified atom stereocenters. The van der Waals surface area contributed by atoms with E-state index in [4.69, 9.17) is 9.47 Å². The summed E-state index contributed by atoms with van der Waals surface area (Å²) in [4.78, 5) is 48.0. The molecule has 0 N–H and O–H groups in total. The zero-order valence-corrected chi connectivity index (χ0v) is 38.6. The Hall–Kier alpha value is -4.67. The van der Waals surface area contributed by atoms with Crippen LogP contribution in [0.4, 0.5) is 18.4 Å². The molecule has 1 aliphatic carbocycles. The highest BCUT2D eigenvalue weighted by molar-refractivity contribution is 5.87. The Bertz CT molecular complexity index is 2210. The van der Waals surface area contributed by atoms with Crippen LogP contribution in [0.1, 0.15) is 145 Å². The molecule has 2 saturated heterocycles. The van der Waals surface area contributed by atoms with Gasteiger partial charge in [-0.3, -0.25) is 14.8 Å². The van der Waals surface area contributed by atoms with E-state index in [-0.39, 0.29) is 40.9 Å². The van der Waals surface area contributed by atoms with Crippen LogP contribution >= 0.6 is 0 Å². The summed E-state index contributed by atoms with van der Waals surface area (Å²) in [5, 5.41) is 1.85. The second kappa shape index (κ2) is 18.4. The van der Waals surface area contributed by atoms with Gasteiger partial charge < -0.3 is 19.3 Å². The molecule has 2 aromatic heterocycles. The monoisotopic (exact) mass is 843 g/mol. The van der Waals surface area contributed by atoms with Gasteiger partial charge in [-0.05, 0) is 143 Å². The Labute approximate surface area is 362 Å². The zero-order valence-electron chi connectivity index (χ0n) is 38.6. The molecule has 332 valence electrons. The number of Topliss-reactive ketones (excluding diaryl/α,β-unsaturated/α-hetero) is 1. The van der Waals surface area contributed by atoms with Gasteiger partial charge in [0.25, 0.3) is 0 Å². The van der Waals surface area contributed by atoms with Gasteiger partial charge in [-0.25, -0.2) is 18.4 Å². The van der Waals surface area contributed by atoms with E-state index in [1.807, 2.05) is 67.7 Å². The van der Waals surface area contributed by atoms with Crippen LogP contribution in [-0.4, -0.2) is 75.1 Å². The number of halogens is 2. The topological polar surface area (TPSA) is 102 Å². The number of carbonyl (C=O) groups is 3. The number of fused-ring (bicyclic) bond motifs is 2. The van der Waals surface area contributed by atoms with Crippen molar-refractivity contribution in [2.75, 3.05) is 26.2 Å². The molecule has 3 aliphatic rings. The number of ketones is 1. The average Bonchev–Trinajstić information content (AvgIpc) is 3.14. The standard InChI is InChI=1S/C21H27FN2O2.C17H20FN.C12H21NO3/c1-20(2,3)26-19(25)24-11-9-17(21(4,5)13-24)15-8-10-23-18-7-6-14(22)12-16(15)18;1-17(2)9-4-3-5-15(17)13-8-10-19-16-7-6-12(18)11-14(13)16;1-11(2,3)16-10(15)13-7-6-9(14)12(4,5)8-13/h6-8,10,12,17H,9,11,13H2,1-5H3;6-8,10-11,15H,3-5,9H2,1-2H3;6-8H2,1-5H3. The molecule has 4 aromatic rings. The summed E-state index contributed by atoms with van der Waals surface area (Å²) in [6.45, 7) is 26.0. The fourth-order valence-corrected chi connectivity index (χ4v) is 9.07. The van der Waals surface area contributed by atoms with Gasteiger partial charge in [0, 0.05) is 61.2 Å². The van der Waals surface area contributed by atoms with Gasteiger partial charge in [0.1, 0.15) is 28.6 Å². The van der Waals surface area contributed by atoms with Crippen LogP contribution in [0, 0.1) is 27.9 Å². The lowest BCUT2D eigenvalue weighted by atomic mass is 9.66. The van der Waals surface area contributed by atoms with Crippen molar-refractivity contribution in [3.63, 3.8) is 0 Å². The number of amides is 2. The van der Waals surface area contributed by atoms with Crippen molar-refractivity contribution in [2.45, 2.75) is 145 Å². The first-order valence-corrected chi connectivity index (χ1v) is 21.8. The van der Waals surface area contributed by atoms with Crippen molar-refractivity contribution >= 4 is 39.8 Å². The largest absolute Gasteiger partial charge is 0.444 e. The highest BCUT2D eigenvalue weighted by atomic mass is 19.1. The molecule has 1 saturated carbocycles. The van der Waals surface area contributed by atoms with Crippen LogP contribution in [0.25, 0.3) is 21.8 Å². The summed E-state index contributed by atoms with van der Waals surface area (Å²) in [5.41, 5.74) is 2.77. The number of carbonyl (C=O) groups excluding carboxylic acids is 3. The minimum Gasteiger partial charge on any atom is -0.444 e. The van der Waals surface area contributed by atoms with E-state index in [9.17, 15) is 23.2 Å². The summed E-state index contributed by atoms with van der Waals surface area (Å²) in [7, 11) is 0. The van der Waals surface area contributed by atoms with E-state index < -0.39 is 16.6 Å². The first-order valence-electron chi connectivity index (χ1n) is 21.8. The third kappa shape index (κ3) is 12.3. The predicted octanol–water partition coefficient (Wildman–Crippen LogP) is 12.4. The predicted molar refractivity (Wildman–Crippen MR) is 239 cm³/mol. The van der Waals surface area contributed by atoms with E-state index in [0.29, 0.717) is 43.9 Å². The number of benzene rings is 2. The Morgan fingerprint density at radius 3 is 1.57 bits per heavy atom. The molecule has 7 rings (SSSR count). The normalized spacial score (nSPS) is 21.1. The van der Waals surface area contributed by atoms with E-state index in [2.05, 4.69) is 43.7 Å². The van der Waals surface area contributed by atoms with Crippen molar-refractivity contribution in [1.29, 1.82) is 0 Å². The molecule has 11 heteroatoms. The third-order valence-corrected chi connectivity index (χ3v) is 12.2. The lowest BCUT2D eigenvalue weighted by Crippen LogP contribution is -2.49. The van der Waals surface area contributed by atoms with Gasteiger partial charge in [-0.2, -0.15) is 0 Å². The summed E-state index contributed by atoms with van der Waals surface area (Å²) in [6.07, 6.45) is 9.30. The number of likely N-dealkylation sites (tertiary alicyclic amines) is 2. The Morgan fingerprint density at radius 1 is 0.656 bits per heavy atom. The van der Waals surface area contributed by atoms with Gasteiger partial charge in [-0.15, -0.1) is 0 Å². The first-order chi connectivity index (χ1) is 28.3. The lowest BCUT2D eigenvalue weighted by molar-refractivity contribution is -0.131. The van der Waals surface area contributed by atoms with Crippen molar-refractivity contribution in [3.05, 3.63) is 83.7 Å². The van der Waals surface area contributed by atoms with Crippen LogP contribution < -0.4 is 0 Å². The van der Waals surface area contributed by atoms with Crippen LogP contribution in [0.5, 0.6) is 0 Å². The van der Waals surface area contributed by atoms with Crippen LogP contribution in [0.3, 0.4) is 0 Å². The number of hydrogen-bond donors (Lipinski definition) is 0. The van der Waals surface area contributed by atoms with Crippen LogP contribution in [0.15, 0.2) is 60.9 Å². The molecular formula is C50H68F2N4O5. The average molecular weight is 843 g/mol. The third-order valence-electron chi connectivity index (χ3n) is 12.2. The van der Waals surface area contributed by atoms with Gasteiger partial charge in [0.15, 0.2) is 0 Å². The molecule has 2 amide bonds. The van der Waals surface area contributed by atoms with Crippen LogP contribution in [-0.2, 0) is 14.3 Å². The van der Waals surface area contributed by atoms with Crippen molar-refractivity contribution in [2.24, 2.45) is 16.2 Å². The maximum absolute atomic E-state index is 13.8. The number of piperidine rings is 2. The van der Waals surface area contributed by atoms with E-state index in [1.54, 1.807) is 40.3 Å². The highest BCUT2D eigenvalue weighted by Crippen LogP contribution is 2.48. The minimum absolute atomic E-state index is 0.157. The Kier molecular flexibility index (Phi) is 14.3. The summed E-state index contributed by atoms with van der Waals surface area (Å²) < 4.78 is 38.2. The minimum atomic E-state index is -0.503. The number of rotatable bonds is 2. The second-order valence-corrected chi connectivity index (χ2v) is 21.1. The quantitative estimate of drug-likeness (QED) is 0.198. The Balaban J connectivity index is 0.000000179. The van der Waals surface area contributed by atoms with Crippen molar-refractivity contribution < 1.29 is 32.6 Å². The van der Waals surface area contributed by atoms with Crippen molar-refractivity contribution in [1.82, 2.24) is 19.8 Å². The maximum Gasteiger partial charge on any atom is 0.410 e. The zero-order chi connectivity index (χ0) is 45.1. The van der Waals surface area contributed by atoms with E-state index >= 15 is 0 Å². The first kappa shape index (κ1) is 47.4. The maximum atomic E-state index is 13.8. The number of aromatic nitrogens is 2. The highest BCUT2D eigenvalue weighted by Gasteiger charge is 2.41. The molecule has 2 aromatic carbocycles. The number of hydrogen-bond acceptors (Lipinski definition) is 7. The van der Waals surface area contributed by atoms with E-state index in [0.717, 1.165) is 33.8 Å². The van der Waals surface area contributed by atoms with E-state index in [1.165, 1.54) is 43.4 Å². The van der Waals surface area contributed by atoms with Gasteiger partial charge in [0.2, 0.25) is 0 Å². The molecule has 9 nitrogen and oxygen atoms in total.